The van der Waals surface area contributed by atoms with E-state index in [0.717, 1.165) is 50.1 Å². The Hall–Kier alpha value is -2.69. The summed E-state index contributed by atoms with van der Waals surface area (Å²) in [5, 5.41) is 0. The summed E-state index contributed by atoms with van der Waals surface area (Å²) in [7, 11) is 1.70. The van der Waals surface area contributed by atoms with E-state index in [1.807, 2.05) is 43.9 Å². The van der Waals surface area contributed by atoms with E-state index in [2.05, 4.69) is 30.3 Å². The summed E-state index contributed by atoms with van der Waals surface area (Å²) in [6.07, 6.45) is 4.83. The van der Waals surface area contributed by atoms with Crippen molar-refractivity contribution in [1.29, 1.82) is 0 Å². The Morgan fingerprint density at radius 3 is 2.69 bits per heavy atom. The third-order valence-electron chi connectivity index (χ3n) is 5.66. The van der Waals surface area contributed by atoms with E-state index in [9.17, 15) is 4.79 Å². The molecule has 5 nitrogen and oxygen atoms in total. The van der Waals surface area contributed by atoms with Gasteiger partial charge < -0.3 is 19.1 Å². The van der Waals surface area contributed by atoms with Gasteiger partial charge in [0.05, 0.1) is 13.7 Å². The summed E-state index contributed by atoms with van der Waals surface area (Å²) in [6, 6.07) is 16.5. The number of carbonyl (C=O) groups excluding carboxylic acids is 1. The number of hydrogen-bond acceptors (Lipinski definition) is 4. The van der Waals surface area contributed by atoms with Gasteiger partial charge in [0.1, 0.15) is 17.1 Å². The van der Waals surface area contributed by atoms with E-state index in [1.54, 1.807) is 7.11 Å². The van der Waals surface area contributed by atoms with Gasteiger partial charge in [-0.3, -0.25) is 0 Å². The highest BCUT2D eigenvalue weighted by atomic mass is 16.6. The number of para-hydroxylation sites is 1. The summed E-state index contributed by atoms with van der Waals surface area (Å²) < 4.78 is 17.1. The molecule has 1 atom stereocenters. The molecular formula is C27H37NO4. The molecule has 1 saturated heterocycles. The number of amides is 1. The maximum Gasteiger partial charge on any atom is 0.410 e. The Morgan fingerprint density at radius 1 is 1.09 bits per heavy atom. The normalized spacial score (nSPS) is 16.5. The molecule has 2 aromatic carbocycles. The second-order valence-corrected chi connectivity index (χ2v) is 9.56. The standard InChI is InChI=1S/C27H37NO4/c1-27(2,3)32-26(29)28-17-9-12-22(19-28)20-31-25-16-6-5-13-23(25)14-7-10-21-11-8-15-24(18-21)30-4/h5-6,8,11,13,15-16,18,22H,7,9-10,12,14,17,19-20H2,1-4H3. The molecule has 174 valence electrons. The van der Waals surface area contributed by atoms with Crippen LogP contribution in [-0.2, 0) is 17.6 Å². The Balaban J connectivity index is 1.50. The number of rotatable bonds is 8. The van der Waals surface area contributed by atoms with Crippen LogP contribution in [0.1, 0.15) is 51.2 Å². The van der Waals surface area contributed by atoms with Crippen molar-refractivity contribution in [2.45, 2.75) is 58.5 Å². The highest BCUT2D eigenvalue weighted by Crippen LogP contribution is 2.24. The predicted octanol–water partition coefficient (Wildman–Crippen LogP) is 5.90. The lowest BCUT2D eigenvalue weighted by molar-refractivity contribution is 0.0139. The van der Waals surface area contributed by atoms with Crippen LogP contribution in [0.25, 0.3) is 0 Å². The van der Waals surface area contributed by atoms with Crippen molar-refractivity contribution >= 4 is 6.09 Å². The van der Waals surface area contributed by atoms with Crippen molar-refractivity contribution in [1.82, 2.24) is 4.90 Å². The first-order valence-electron chi connectivity index (χ1n) is 11.7. The number of benzene rings is 2. The zero-order valence-corrected chi connectivity index (χ0v) is 19.9. The van der Waals surface area contributed by atoms with Crippen LogP contribution >= 0.6 is 0 Å². The molecule has 1 aliphatic heterocycles. The van der Waals surface area contributed by atoms with E-state index in [-0.39, 0.29) is 6.09 Å². The molecule has 0 aromatic heterocycles. The second-order valence-electron chi connectivity index (χ2n) is 9.56. The molecular weight excluding hydrogens is 402 g/mol. The van der Waals surface area contributed by atoms with Crippen LogP contribution < -0.4 is 9.47 Å². The molecule has 5 heteroatoms. The predicted molar refractivity (Wildman–Crippen MR) is 127 cm³/mol. The van der Waals surface area contributed by atoms with Gasteiger partial charge in [0.25, 0.3) is 0 Å². The van der Waals surface area contributed by atoms with Crippen molar-refractivity contribution in [3.05, 3.63) is 59.7 Å². The van der Waals surface area contributed by atoms with Gasteiger partial charge >= 0.3 is 6.09 Å². The van der Waals surface area contributed by atoms with Gasteiger partial charge in [0, 0.05) is 19.0 Å². The quantitative estimate of drug-likeness (QED) is 0.514. The minimum atomic E-state index is -0.468. The van der Waals surface area contributed by atoms with Gasteiger partial charge in [-0.2, -0.15) is 0 Å². The van der Waals surface area contributed by atoms with Gasteiger partial charge in [0.2, 0.25) is 0 Å². The smallest absolute Gasteiger partial charge is 0.410 e. The van der Waals surface area contributed by atoms with Crippen LogP contribution in [0.4, 0.5) is 4.79 Å². The molecule has 32 heavy (non-hydrogen) atoms. The van der Waals surface area contributed by atoms with Gasteiger partial charge in [-0.15, -0.1) is 0 Å². The van der Waals surface area contributed by atoms with Crippen LogP contribution in [0.15, 0.2) is 48.5 Å². The summed E-state index contributed by atoms with van der Waals surface area (Å²) in [4.78, 5) is 14.2. The van der Waals surface area contributed by atoms with Crippen LogP contribution in [-0.4, -0.2) is 43.4 Å². The Bertz CT molecular complexity index is 874. The first kappa shape index (κ1) is 24.0. The number of hydrogen-bond donors (Lipinski definition) is 0. The number of likely N-dealkylation sites (tertiary alicyclic amines) is 1. The molecule has 0 aliphatic carbocycles. The monoisotopic (exact) mass is 439 g/mol. The molecule has 0 N–H and O–H groups in total. The number of carbonyl (C=O) groups is 1. The third-order valence-corrected chi connectivity index (χ3v) is 5.66. The fourth-order valence-corrected chi connectivity index (χ4v) is 4.06. The van der Waals surface area contributed by atoms with Crippen molar-refractivity contribution in [2.24, 2.45) is 5.92 Å². The maximum atomic E-state index is 12.4. The fraction of sp³-hybridized carbons (Fsp3) is 0.519. The van der Waals surface area contributed by atoms with E-state index in [1.165, 1.54) is 11.1 Å². The SMILES string of the molecule is COc1cccc(CCCc2ccccc2OCC2CCCN(C(=O)OC(C)(C)C)C2)c1. The van der Waals surface area contributed by atoms with E-state index < -0.39 is 5.60 Å². The van der Waals surface area contributed by atoms with E-state index >= 15 is 0 Å². The van der Waals surface area contributed by atoms with Gasteiger partial charge in [-0.1, -0.05) is 30.3 Å². The topological polar surface area (TPSA) is 48.0 Å². The number of piperidine rings is 1. The molecule has 1 amide bonds. The average Bonchev–Trinajstić information content (AvgIpc) is 2.77. The molecule has 3 rings (SSSR count). The zero-order chi connectivity index (χ0) is 23.0. The number of aryl methyl sites for hydroxylation is 2. The molecule has 1 fully saturated rings. The van der Waals surface area contributed by atoms with Crippen molar-refractivity contribution < 1.29 is 19.0 Å². The first-order valence-corrected chi connectivity index (χ1v) is 11.7. The number of nitrogens with zero attached hydrogens (tertiary/aromatic N) is 1. The lowest BCUT2D eigenvalue weighted by Gasteiger charge is -2.34. The highest BCUT2D eigenvalue weighted by molar-refractivity contribution is 5.68. The molecule has 2 aromatic rings. The lowest BCUT2D eigenvalue weighted by atomic mass is 9.99. The van der Waals surface area contributed by atoms with Crippen LogP contribution in [0.2, 0.25) is 0 Å². The average molecular weight is 440 g/mol. The lowest BCUT2D eigenvalue weighted by Crippen LogP contribution is -2.44. The fourth-order valence-electron chi connectivity index (χ4n) is 4.06. The number of methoxy groups -OCH3 is 1. The zero-order valence-electron chi connectivity index (χ0n) is 19.9. The van der Waals surface area contributed by atoms with Crippen molar-refractivity contribution in [3.63, 3.8) is 0 Å². The molecule has 1 unspecified atom stereocenters. The Labute approximate surface area is 192 Å². The summed E-state index contributed by atoms with van der Waals surface area (Å²) in [5.41, 5.74) is 2.05. The third kappa shape index (κ3) is 7.47. The van der Waals surface area contributed by atoms with Gasteiger partial charge in [-0.05, 0) is 82.2 Å². The van der Waals surface area contributed by atoms with Crippen LogP contribution in [0.3, 0.4) is 0 Å². The Morgan fingerprint density at radius 2 is 1.91 bits per heavy atom. The largest absolute Gasteiger partial charge is 0.497 e. The summed E-state index contributed by atoms with van der Waals surface area (Å²) in [5.74, 6) is 2.17. The van der Waals surface area contributed by atoms with Gasteiger partial charge in [0.15, 0.2) is 0 Å². The van der Waals surface area contributed by atoms with Crippen LogP contribution in [0, 0.1) is 5.92 Å². The molecule has 1 aliphatic rings. The molecule has 0 spiro atoms. The minimum absolute atomic E-state index is 0.222. The molecule has 1 heterocycles. The van der Waals surface area contributed by atoms with Crippen LogP contribution in [0.5, 0.6) is 11.5 Å². The van der Waals surface area contributed by atoms with Crippen molar-refractivity contribution in [2.75, 3.05) is 26.8 Å². The second kappa shape index (κ2) is 11.3. The Kier molecular flexibility index (Phi) is 8.43. The van der Waals surface area contributed by atoms with E-state index in [4.69, 9.17) is 14.2 Å². The first-order chi connectivity index (χ1) is 15.3. The summed E-state index contributed by atoms with van der Waals surface area (Å²) >= 11 is 0. The molecule has 0 bridgehead atoms. The highest BCUT2D eigenvalue weighted by Gasteiger charge is 2.28. The summed E-state index contributed by atoms with van der Waals surface area (Å²) in [6.45, 7) is 7.77. The number of ether oxygens (including phenoxy) is 3. The van der Waals surface area contributed by atoms with Gasteiger partial charge in [-0.25, -0.2) is 4.79 Å². The minimum Gasteiger partial charge on any atom is -0.497 e. The maximum absolute atomic E-state index is 12.4. The molecule has 0 saturated carbocycles. The molecule has 0 radical (unpaired) electrons. The van der Waals surface area contributed by atoms with E-state index in [0.29, 0.717) is 19.1 Å². The van der Waals surface area contributed by atoms with Crippen molar-refractivity contribution in [3.8, 4) is 11.5 Å².